The predicted octanol–water partition coefficient (Wildman–Crippen LogP) is 4.97. The molecule has 2 heteroatoms. The van der Waals surface area contributed by atoms with E-state index in [0.29, 0.717) is 0 Å². The van der Waals surface area contributed by atoms with Crippen LogP contribution in [-0.2, 0) is 0 Å². The molecular formula is C32H27NSi. The standard InChI is InChI=1S/C32H27NSi/c1-33(2)31-23-13-16-26-14-12-15-27(32(26)31)24-25-34(28-17-6-3-7-18-28,29-19-8-4-9-20-29)30-21-10-5-11-22-30/h3-23H,1-2H3. The predicted molar refractivity (Wildman–Crippen MR) is 149 cm³/mol. The summed E-state index contributed by atoms with van der Waals surface area (Å²) in [6.07, 6.45) is 0. The highest BCUT2D eigenvalue weighted by Gasteiger charge is 2.38. The molecule has 0 saturated carbocycles. The Morgan fingerprint density at radius 3 is 1.47 bits per heavy atom. The minimum Gasteiger partial charge on any atom is -0.377 e. The SMILES string of the molecule is CN(C)c1cccc2cccc(C#C[Si](c3ccccc3)(c3ccccc3)c3ccccc3)c12. The summed E-state index contributed by atoms with van der Waals surface area (Å²) in [7, 11) is 1.57. The van der Waals surface area contributed by atoms with Crippen LogP contribution in [0.3, 0.4) is 0 Å². The van der Waals surface area contributed by atoms with Gasteiger partial charge in [0.15, 0.2) is 0 Å². The van der Waals surface area contributed by atoms with E-state index in [2.05, 4.69) is 158 Å². The van der Waals surface area contributed by atoms with Crippen LogP contribution in [0.5, 0.6) is 0 Å². The van der Waals surface area contributed by atoms with E-state index >= 15 is 0 Å². The monoisotopic (exact) mass is 453 g/mol. The molecule has 0 heterocycles. The van der Waals surface area contributed by atoms with Crippen LogP contribution in [-0.4, -0.2) is 22.2 Å². The van der Waals surface area contributed by atoms with Crippen molar-refractivity contribution >= 4 is 40.1 Å². The summed E-state index contributed by atoms with van der Waals surface area (Å²) >= 11 is 0. The zero-order chi connectivity index (χ0) is 23.4. The minimum absolute atomic E-state index is 1.07. The van der Waals surface area contributed by atoms with Crippen molar-refractivity contribution in [3.8, 4) is 11.5 Å². The maximum atomic E-state index is 3.93. The van der Waals surface area contributed by atoms with Gasteiger partial charge >= 0.3 is 0 Å². The molecule has 0 amide bonds. The third-order valence-electron chi connectivity index (χ3n) is 6.37. The molecule has 0 unspecified atom stereocenters. The second kappa shape index (κ2) is 9.43. The minimum atomic E-state index is -2.61. The van der Waals surface area contributed by atoms with Crippen LogP contribution in [0, 0.1) is 11.5 Å². The fraction of sp³-hybridized carbons (Fsp3) is 0.0625. The number of fused-ring (bicyclic) bond motifs is 1. The third kappa shape index (κ3) is 3.92. The lowest BCUT2D eigenvalue weighted by Gasteiger charge is -2.28. The first-order valence-corrected chi connectivity index (χ1v) is 13.6. The summed E-state index contributed by atoms with van der Waals surface area (Å²) in [4.78, 5) is 2.17. The molecule has 1 nitrogen and oxygen atoms in total. The molecule has 0 saturated heterocycles. The molecule has 0 spiro atoms. The van der Waals surface area contributed by atoms with E-state index < -0.39 is 8.07 Å². The molecule has 0 radical (unpaired) electrons. The largest absolute Gasteiger partial charge is 0.377 e. The van der Waals surface area contributed by atoms with Gasteiger partial charge in [-0.1, -0.05) is 121 Å². The van der Waals surface area contributed by atoms with E-state index in [1.165, 1.54) is 32.0 Å². The van der Waals surface area contributed by atoms with E-state index in [1.807, 2.05) is 0 Å². The molecule has 164 valence electrons. The van der Waals surface area contributed by atoms with E-state index in [-0.39, 0.29) is 0 Å². The van der Waals surface area contributed by atoms with E-state index in [0.717, 1.165) is 5.56 Å². The Kier molecular flexibility index (Phi) is 6.04. The highest BCUT2D eigenvalue weighted by atomic mass is 28.3. The Balaban J connectivity index is 1.84. The number of nitrogens with zero attached hydrogens (tertiary/aromatic N) is 1. The van der Waals surface area contributed by atoms with Crippen molar-refractivity contribution in [2.45, 2.75) is 0 Å². The number of anilines is 1. The molecule has 0 aromatic heterocycles. The summed E-state index contributed by atoms with van der Waals surface area (Å²) in [5, 5.41) is 6.32. The van der Waals surface area contributed by atoms with Crippen molar-refractivity contribution in [1.29, 1.82) is 0 Å². The van der Waals surface area contributed by atoms with Crippen LogP contribution in [0.2, 0.25) is 0 Å². The van der Waals surface area contributed by atoms with Gasteiger partial charge < -0.3 is 4.90 Å². The van der Waals surface area contributed by atoms with E-state index in [1.54, 1.807) is 0 Å². The first-order valence-electron chi connectivity index (χ1n) is 11.6. The van der Waals surface area contributed by atoms with Gasteiger partial charge in [-0.2, -0.15) is 0 Å². The number of hydrogen-bond acceptors (Lipinski definition) is 1. The van der Waals surface area contributed by atoms with Crippen LogP contribution in [0.1, 0.15) is 5.56 Å². The van der Waals surface area contributed by atoms with Gasteiger partial charge in [-0.15, -0.1) is 5.54 Å². The fourth-order valence-electron chi connectivity index (χ4n) is 4.74. The second-order valence-electron chi connectivity index (χ2n) is 8.67. The third-order valence-corrected chi connectivity index (χ3v) is 10.5. The molecule has 0 aliphatic rings. The normalized spacial score (nSPS) is 11.0. The molecule has 5 rings (SSSR count). The average Bonchev–Trinajstić information content (AvgIpc) is 2.90. The zero-order valence-corrected chi connectivity index (χ0v) is 20.6. The first kappa shape index (κ1) is 21.8. The molecule has 34 heavy (non-hydrogen) atoms. The van der Waals surface area contributed by atoms with Crippen LogP contribution in [0.15, 0.2) is 127 Å². The van der Waals surface area contributed by atoms with Crippen molar-refractivity contribution < 1.29 is 0 Å². The topological polar surface area (TPSA) is 3.24 Å². The highest BCUT2D eigenvalue weighted by Crippen LogP contribution is 2.28. The van der Waals surface area contributed by atoms with Gasteiger partial charge in [0.05, 0.1) is 0 Å². The zero-order valence-electron chi connectivity index (χ0n) is 19.6. The van der Waals surface area contributed by atoms with Crippen LogP contribution >= 0.6 is 0 Å². The van der Waals surface area contributed by atoms with Crippen molar-refractivity contribution in [1.82, 2.24) is 0 Å². The van der Waals surface area contributed by atoms with Gasteiger partial charge in [-0.3, -0.25) is 0 Å². The molecule has 0 bridgehead atoms. The Labute approximate surface area is 203 Å². The number of rotatable bonds is 4. The van der Waals surface area contributed by atoms with Crippen molar-refractivity contribution in [3.63, 3.8) is 0 Å². The molecule has 0 aliphatic carbocycles. The van der Waals surface area contributed by atoms with E-state index in [4.69, 9.17) is 0 Å². The molecule has 0 atom stereocenters. The number of hydrogen-bond donors (Lipinski definition) is 0. The molecule has 5 aromatic carbocycles. The van der Waals surface area contributed by atoms with Crippen LogP contribution < -0.4 is 20.5 Å². The summed E-state index contributed by atoms with van der Waals surface area (Å²) in [5.74, 6) is 3.70. The quantitative estimate of drug-likeness (QED) is 0.211. The van der Waals surface area contributed by atoms with Crippen molar-refractivity contribution in [2.24, 2.45) is 0 Å². The molecule has 5 aromatic rings. The summed E-state index contributed by atoms with van der Waals surface area (Å²) in [6, 6.07) is 45.4. The number of benzene rings is 5. The lowest BCUT2D eigenvalue weighted by molar-refractivity contribution is 1.14. The summed E-state index contributed by atoms with van der Waals surface area (Å²) in [5.41, 5.74) is 6.19. The van der Waals surface area contributed by atoms with Crippen LogP contribution in [0.4, 0.5) is 5.69 Å². The van der Waals surface area contributed by atoms with E-state index in [9.17, 15) is 0 Å². The first-order chi connectivity index (χ1) is 16.7. The van der Waals surface area contributed by atoms with Gasteiger partial charge in [0.25, 0.3) is 0 Å². The van der Waals surface area contributed by atoms with Gasteiger partial charge in [0.2, 0.25) is 8.07 Å². The Morgan fingerprint density at radius 2 is 1.00 bits per heavy atom. The van der Waals surface area contributed by atoms with Crippen molar-refractivity contribution in [3.05, 3.63) is 133 Å². The Bertz CT molecular complexity index is 1360. The lowest BCUT2D eigenvalue weighted by atomic mass is 10.0. The van der Waals surface area contributed by atoms with Crippen molar-refractivity contribution in [2.75, 3.05) is 19.0 Å². The van der Waals surface area contributed by atoms with Gasteiger partial charge in [-0.05, 0) is 33.1 Å². The average molecular weight is 454 g/mol. The van der Waals surface area contributed by atoms with Crippen LogP contribution in [0.25, 0.3) is 10.8 Å². The smallest absolute Gasteiger partial charge is 0.230 e. The Hall–Kier alpha value is -4.06. The second-order valence-corrected chi connectivity index (χ2v) is 12.2. The highest BCUT2D eigenvalue weighted by molar-refractivity contribution is 7.16. The van der Waals surface area contributed by atoms with Gasteiger partial charge in [0.1, 0.15) is 0 Å². The fourth-order valence-corrected chi connectivity index (χ4v) is 8.57. The molecule has 0 N–H and O–H groups in total. The van der Waals surface area contributed by atoms with Gasteiger partial charge in [0, 0.05) is 30.7 Å². The molecule has 0 aliphatic heterocycles. The Morgan fingerprint density at radius 1 is 0.529 bits per heavy atom. The lowest BCUT2D eigenvalue weighted by Crippen LogP contribution is -2.66. The maximum absolute atomic E-state index is 3.93. The molecular weight excluding hydrogens is 426 g/mol. The summed E-state index contributed by atoms with van der Waals surface area (Å²) in [6.45, 7) is 0. The molecule has 0 fully saturated rings. The maximum Gasteiger partial charge on any atom is 0.230 e. The summed E-state index contributed by atoms with van der Waals surface area (Å²) < 4.78 is 0. The van der Waals surface area contributed by atoms with Gasteiger partial charge in [-0.25, -0.2) is 0 Å².